The molecule has 1 aromatic heterocycles. The Morgan fingerprint density at radius 2 is 1.96 bits per heavy atom. The van der Waals surface area contributed by atoms with Gasteiger partial charge in [-0.1, -0.05) is 30.3 Å². The lowest BCUT2D eigenvalue weighted by atomic mass is 9.85. The van der Waals surface area contributed by atoms with Crippen LogP contribution < -0.4 is 0 Å². The predicted octanol–water partition coefficient (Wildman–Crippen LogP) is 0.970. The SMILES string of the molecule is Cc1cc(S(=O)(=O)N2C[C@H](c3ccccc3)[C@H]2C(=O)O)n(C)n1. The molecule has 8 heteroatoms. The first-order chi connectivity index (χ1) is 10.8. The molecule has 23 heavy (non-hydrogen) atoms. The van der Waals surface area contributed by atoms with Gasteiger partial charge in [-0.2, -0.15) is 9.40 Å². The molecule has 0 spiro atoms. The predicted molar refractivity (Wildman–Crippen MR) is 82.4 cm³/mol. The standard InChI is InChI=1S/C15H17N3O4S/c1-10-8-13(17(2)16-10)23(21,22)18-9-12(14(18)15(19)20)11-6-4-3-5-7-11/h3-8,12,14H,9H2,1-2H3,(H,19,20)/t12-,14+/m1/s1. The number of sulfonamides is 1. The molecule has 1 fully saturated rings. The zero-order valence-corrected chi connectivity index (χ0v) is 13.6. The number of aryl methyl sites for hydroxylation is 2. The number of aromatic nitrogens is 2. The van der Waals surface area contributed by atoms with Crippen molar-refractivity contribution in [1.82, 2.24) is 14.1 Å². The minimum Gasteiger partial charge on any atom is -0.480 e. The van der Waals surface area contributed by atoms with Crippen LogP contribution in [0.25, 0.3) is 0 Å². The van der Waals surface area contributed by atoms with Crippen LogP contribution >= 0.6 is 0 Å². The summed E-state index contributed by atoms with van der Waals surface area (Å²) >= 11 is 0. The molecule has 1 saturated heterocycles. The maximum absolute atomic E-state index is 12.7. The number of aliphatic carboxylic acids is 1. The van der Waals surface area contributed by atoms with Crippen LogP contribution in [0.5, 0.6) is 0 Å². The van der Waals surface area contributed by atoms with E-state index in [1.807, 2.05) is 30.3 Å². The highest BCUT2D eigenvalue weighted by Gasteiger charge is 2.51. The monoisotopic (exact) mass is 335 g/mol. The van der Waals surface area contributed by atoms with Crippen molar-refractivity contribution in [1.29, 1.82) is 0 Å². The maximum atomic E-state index is 12.7. The summed E-state index contributed by atoms with van der Waals surface area (Å²) in [6, 6.07) is 9.45. The molecule has 0 radical (unpaired) electrons. The van der Waals surface area contributed by atoms with E-state index >= 15 is 0 Å². The summed E-state index contributed by atoms with van der Waals surface area (Å²) in [4.78, 5) is 11.6. The van der Waals surface area contributed by atoms with Crippen LogP contribution in [0.15, 0.2) is 41.4 Å². The maximum Gasteiger partial charge on any atom is 0.322 e. The summed E-state index contributed by atoms with van der Waals surface area (Å²) in [5, 5.41) is 13.5. The van der Waals surface area contributed by atoms with Gasteiger partial charge in [0, 0.05) is 19.5 Å². The van der Waals surface area contributed by atoms with E-state index in [-0.39, 0.29) is 17.5 Å². The van der Waals surface area contributed by atoms with Crippen LogP contribution in [-0.4, -0.2) is 46.2 Å². The van der Waals surface area contributed by atoms with Crippen LogP contribution in [0, 0.1) is 6.92 Å². The third-order valence-electron chi connectivity index (χ3n) is 4.08. The van der Waals surface area contributed by atoms with E-state index in [0.29, 0.717) is 5.69 Å². The summed E-state index contributed by atoms with van der Waals surface area (Å²) in [6.07, 6.45) is 0. The van der Waals surface area contributed by atoms with Gasteiger partial charge in [-0.05, 0) is 18.6 Å². The largest absolute Gasteiger partial charge is 0.480 e. The van der Waals surface area contributed by atoms with Crippen molar-refractivity contribution in [2.45, 2.75) is 23.9 Å². The van der Waals surface area contributed by atoms with E-state index in [9.17, 15) is 18.3 Å². The molecule has 0 amide bonds. The van der Waals surface area contributed by atoms with E-state index in [4.69, 9.17) is 0 Å². The van der Waals surface area contributed by atoms with E-state index < -0.39 is 22.0 Å². The highest BCUT2D eigenvalue weighted by Crippen LogP contribution is 2.38. The first-order valence-electron chi connectivity index (χ1n) is 7.12. The van der Waals surface area contributed by atoms with Gasteiger partial charge in [0.1, 0.15) is 6.04 Å². The molecule has 122 valence electrons. The Morgan fingerprint density at radius 1 is 1.30 bits per heavy atom. The van der Waals surface area contributed by atoms with Crippen molar-refractivity contribution in [2.75, 3.05) is 6.54 Å². The number of carbonyl (C=O) groups is 1. The van der Waals surface area contributed by atoms with E-state index in [1.165, 1.54) is 17.8 Å². The van der Waals surface area contributed by atoms with Crippen molar-refractivity contribution < 1.29 is 18.3 Å². The highest BCUT2D eigenvalue weighted by molar-refractivity contribution is 7.89. The summed E-state index contributed by atoms with van der Waals surface area (Å²) in [5.74, 6) is -1.50. The third-order valence-corrected chi connectivity index (χ3v) is 5.99. The molecule has 2 atom stereocenters. The molecule has 1 N–H and O–H groups in total. The number of carboxylic acids is 1. The molecule has 0 unspecified atom stereocenters. The van der Waals surface area contributed by atoms with Crippen molar-refractivity contribution in [3.05, 3.63) is 47.7 Å². The van der Waals surface area contributed by atoms with Crippen LogP contribution in [0.2, 0.25) is 0 Å². The molecule has 2 heterocycles. The minimum atomic E-state index is -3.89. The summed E-state index contributed by atoms with van der Waals surface area (Å²) < 4.78 is 27.8. The van der Waals surface area contributed by atoms with Gasteiger partial charge in [-0.25, -0.2) is 8.42 Å². The molecule has 0 bridgehead atoms. The molecule has 1 aliphatic heterocycles. The lowest BCUT2D eigenvalue weighted by Gasteiger charge is -2.44. The first kappa shape index (κ1) is 15.7. The van der Waals surface area contributed by atoms with Gasteiger partial charge in [-0.3, -0.25) is 9.48 Å². The molecule has 1 aliphatic rings. The molecular weight excluding hydrogens is 318 g/mol. The van der Waals surface area contributed by atoms with Gasteiger partial charge in [0.15, 0.2) is 5.03 Å². The van der Waals surface area contributed by atoms with Gasteiger partial charge in [0.2, 0.25) is 0 Å². The van der Waals surface area contributed by atoms with Gasteiger partial charge < -0.3 is 5.11 Å². The topological polar surface area (TPSA) is 92.5 Å². The van der Waals surface area contributed by atoms with Crippen LogP contribution in [0.1, 0.15) is 17.2 Å². The number of benzene rings is 1. The highest BCUT2D eigenvalue weighted by atomic mass is 32.2. The zero-order valence-electron chi connectivity index (χ0n) is 12.7. The number of carboxylic acid groups (broad SMARTS) is 1. The lowest BCUT2D eigenvalue weighted by Crippen LogP contribution is -2.60. The fourth-order valence-electron chi connectivity index (χ4n) is 2.95. The number of hydrogen-bond acceptors (Lipinski definition) is 4. The molecule has 2 aromatic rings. The Balaban J connectivity index is 1.95. The van der Waals surface area contributed by atoms with E-state index in [2.05, 4.69) is 5.10 Å². The summed E-state index contributed by atoms with van der Waals surface area (Å²) in [5.41, 5.74) is 1.39. The number of nitrogens with zero attached hydrogens (tertiary/aromatic N) is 3. The minimum absolute atomic E-state index is 0.00719. The van der Waals surface area contributed by atoms with E-state index in [1.54, 1.807) is 6.92 Å². The van der Waals surface area contributed by atoms with Gasteiger partial charge in [0.05, 0.1) is 5.69 Å². The average Bonchev–Trinajstić information content (AvgIpc) is 2.77. The Morgan fingerprint density at radius 3 is 2.48 bits per heavy atom. The van der Waals surface area contributed by atoms with Crippen LogP contribution in [0.3, 0.4) is 0 Å². The molecule has 7 nitrogen and oxygen atoms in total. The normalized spacial score (nSPS) is 21.8. The summed E-state index contributed by atoms with van der Waals surface area (Å²) in [6.45, 7) is 1.84. The summed E-state index contributed by atoms with van der Waals surface area (Å²) in [7, 11) is -2.36. The fourth-order valence-corrected chi connectivity index (χ4v) is 4.78. The van der Waals surface area contributed by atoms with Crippen molar-refractivity contribution in [3.8, 4) is 0 Å². The molecule has 0 aliphatic carbocycles. The van der Waals surface area contributed by atoms with Crippen LogP contribution in [0.4, 0.5) is 0 Å². The Kier molecular flexibility index (Phi) is 3.73. The lowest BCUT2D eigenvalue weighted by molar-refractivity contribution is -0.146. The van der Waals surface area contributed by atoms with Crippen LogP contribution in [-0.2, 0) is 21.9 Å². The third kappa shape index (κ3) is 2.53. The second-order valence-electron chi connectivity index (χ2n) is 5.62. The first-order valence-corrected chi connectivity index (χ1v) is 8.56. The van der Waals surface area contributed by atoms with Crippen molar-refractivity contribution >= 4 is 16.0 Å². The number of rotatable bonds is 4. The van der Waals surface area contributed by atoms with E-state index in [0.717, 1.165) is 9.87 Å². The Labute approximate surface area is 134 Å². The van der Waals surface area contributed by atoms with Gasteiger partial charge in [-0.15, -0.1) is 0 Å². The van der Waals surface area contributed by atoms with Gasteiger partial charge >= 0.3 is 5.97 Å². The second-order valence-corrected chi connectivity index (χ2v) is 7.46. The second kappa shape index (κ2) is 5.47. The molecule has 3 rings (SSSR count). The molecule has 0 saturated carbocycles. The Hall–Kier alpha value is -2.19. The molecular formula is C15H17N3O4S. The molecule has 1 aromatic carbocycles. The van der Waals surface area contributed by atoms with Gasteiger partial charge in [0.25, 0.3) is 10.0 Å². The smallest absolute Gasteiger partial charge is 0.322 e. The van der Waals surface area contributed by atoms with Crippen molar-refractivity contribution in [3.63, 3.8) is 0 Å². The zero-order chi connectivity index (χ0) is 16.8. The average molecular weight is 335 g/mol. The fraction of sp³-hybridized carbons (Fsp3) is 0.333. The van der Waals surface area contributed by atoms with Crippen molar-refractivity contribution in [2.24, 2.45) is 7.05 Å². The number of hydrogen-bond donors (Lipinski definition) is 1. The Bertz CT molecular complexity index is 845. The quantitative estimate of drug-likeness (QED) is 0.899.